The van der Waals surface area contributed by atoms with E-state index in [9.17, 15) is 13.2 Å². The summed E-state index contributed by atoms with van der Waals surface area (Å²) in [6, 6.07) is 17.5. The normalized spacial score (nSPS) is 11.2. The summed E-state index contributed by atoms with van der Waals surface area (Å²) in [5, 5.41) is 2.77. The maximum Gasteiger partial charge on any atom is 0.287 e. The number of hydrogen-bond donors (Lipinski definition) is 1. The van der Waals surface area contributed by atoms with Gasteiger partial charge in [0.2, 0.25) is 0 Å². The molecule has 0 atom stereocenters. The van der Waals surface area contributed by atoms with Crippen LogP contribution in [0.2, 0.25) is 0 Å². The Morgan fingerprint density at radius 2 is 1.68 bits per heavy atom. The quantitative estimate of drug-likeness (QED) is 0.661. The van der Waals surface area contributed by atoms with E-state index in [1.54, 1.807) is 18.2 Å². The number of nitrogens with one attached hydrogen (secondary N) is 1. The van der Waals surface area contributed by atoms with Crippen LogP contribution in [-0.2, 0) is 22.1 Å². The lowest BCUT2D eigenvalue weighted by atomic mass is 10.2. The number of benzene rings is 2. The molecule has 0 aliphatic heterocycles. The van der Waals surface area contributed by atoms with Crippen LogP contribution in [0.4, 0.5) is 5.69 Å². The van der Waals surface area contributed by atoms with Crippen molar-refractivity contribution in [3.8, 4) is 0 Å². The lowest BCUT2D eigenvalue weighted by molar-refractivity contribution is 0.0922. The number of amides is 1. The first-order valence-corrected chi connectivity index (χ1v) is 10.4. The molecule has 0 radical (unpaired) electrons. The Morgan fingerprint density at radius 3 is 2.32 bits per heavy atom. The number of rotatable bonds is 7. The Morgan fingerprint density at radius 1 is 1.00 bits per heavy atom. The number of carbonyl (C=O) groups excluding carboxylic acids is 1. The van der Waals surface area contributed by atoms with Gasteiger partial charge < -0.3 is 14.6 Å². The maximum atomic E-state index is 12.6. The summed E-state index contributed by atoms with van der Waals surface area (Å²) in [5.41, 5.74) is 2.34. The van der Waals surface area contributed by atoms with Crippen LogP contribution in [-0.4, -0.2) is 28.4 Å². The summed E-state index contributed by atoms with van der Waals surface area (Å²) in [7, 11) is 0.350. The van der Waals surface area contributed by atoms with Gasteiger partial charge in [-0.15, -0.1) is 0 Å². The van der Waals surface area contributed by atoms with Crippen LogP contribution < -0.4 is 10.2 Å². The average molecular weight is 398 g/mol. The van der Waals surface area contributed by atoms with Crippen LogP contribution in [0, 0.1) is 0 Å². The lowest BCUT2D eigenvalue weighted by Crippen LogP contribution is -2.23. The summed E-state index contributed by atoms with van der Waals surface area (Å²) >= 11 is 0. The Hall–Kier alpha value is -3.06. The Kier molecular flexibility index (Phi) is 5.84. The molecule has 0 spiro atoms. The highest BCUT2D eigenvalue weighted by Gasteiger charge is 2.22. The number of sulfone groups is 1. The van der Waals surface area contributed by atoms with Gasteiger partial charge in [-0.25, -0.2) is 8.42 Å². The third-order valence-corrected chi connectivity index (χ3v) is 5.99. The average Bonchev–Trinajstić information content (AvgIpc) is 3.14. The zero-order valence-electron chi connectivity index (χ0n) is 15.8. The van der Waals surface area contributed by atoms with E-state index in [-0.39, 0.29) is 16.4 Å². The molecule has 0 fully saturated rings. The van der Waals surface area contributed by atoms with Gasteiger partial charge in [0.1, 0.15) is 0 Å². The van der Waals surface area contributed by atoms with Gasteiger partial charge in [-0.1, -0.05) is 30.3 Å². The maximum absolute atomic E-state index is 12.6. The molecule has 0 saturated heterocycles. The predicted molar refractivity (Wildman–Crippen MR) is 108 cm³/mol. The molecular weight excluding hydrogens is 376 g/mol. The summed E-state index contributed by atoms with van der Waals surface area (Å²) in [6.07, 6.45) is 1.33. The zero-order valence-corrected chi connectivity index (χ0v) is 16.6. The van der Waals surface area contributed by atoms with Crippen LogP contribution in [0.3, 0.4) is 0 Å². The lowest BCUT2D eigenvalue weighted by Gasteiger charge is -2.13. The van der Waals surface area contributed by atoms with E-state index in [2.05, 4.69) is 5.32 Å². The van der Waals surface area contributed by atoms with Crippen molar-refractivity contribution in [2.24, 2.45) is 0 Å². The van der Waals surface area contributed by atoms with Crippen molar-refractivity contribution in [1.29, 1.82) is 0 Å². The van der Waals surface area contributed by atoms with Crippen molar-refractivity contribution < 1.29 is 17.6 Å². The number of carbonyl (C=O) groups is 1. The van der Waals surface area contributed by atoms with Crippen LogP contribution in [0.15, 0.2) is 76.2 Å². The van der Waals surface area contributed by atoms with Gasteiger partial charge in [-0.3, -0.25) is 4.79 Å². The van der Waals surface area contributed by atoms with E-state index in [0.29, 0.717) is 12.1 Å². The molecule has 6 nitrogen and oxygen atoms in total. The minimum Gasteiger partial charge on any atom is -0.459 e. The number of anilines is 1. The second-order valence-corrected chi connectivity index (χ2v) is 8.58. The molecular formula is C21H22N2O4S. The van der Waals surface area contributed by atoms with Crippen LogP contribution in [0.1, 0.15) is 21.7 Å². The van der Waals surface area contributed by atoms with Gasteiger partial charge in [0.25, 0.3) is 5.91 Å². The molecule has 0 aliphatic carbocycles. The monoisotopic (exact) mass is 398 g/mol. The van der Waals surface area contributed by atoms with Gasteiger partial charge in [-0.05, 0) is 35.9 Å². The van der Waals surface area contributed by atoms with Gasteiger partial charge in [0.05, 0.1) is 16.9 Å². The van der Waals surface area contributed by atoms with E-state index >= 15 is 0 Å². The number of furan rings is 1. The third kappa shape index (κ3) is 4.61. The van der Waals surface area contributed by atoms with Crippen molar-refractivity contribution >= 4 is 21.4 Å². The van der Waals surface area contributed by atoms with E-state index < -0.39 is 15.7 Å². The van der Waals surface area contributed by atoms with Crippen molar-refractivity contribution in [2.45, 2.75) is 17.2 Å². The van der Waals surface area contributed by atoms with Crippen LogP contribution >= 0.6 is 0 Å². The highest BCUT2D eigenvalue weighted by molar-refractivity contribution is 7.90. The van der Waals surface area contributed by atoms with E-state index in [4.69, 9.17) is 4.42 Å². The highest BCUT2D eigenvalue weighted by Crippen LogP contribution is 2.20. The summed E-state index contributed by atoms with van der Waals surface area (Å²) in [5.74, 6) is -0.724. The van der Waals surface area contributed by atoms with Gasteiger partial charge in [-0.2, -0.15) is 0 Å². The Labute approximate surface area is 164 Å². The van der Waals surface area contributed by atoms with Crippen molar-refractivity contribution in [3.63, 3.8) is 0 Å². The first-order valence-electron chi connectivity index (χ1n) is 8.75. The van der Waals surface area contributed by atoms with Gasteiger partial charge >= 0.3 is 0 Å². The fourth-order valence-corrected chi connectivity index (χ4v) is 4.11. The predicted octanol–water partition coefficient (Wildman–Crippen LogP) is 3.25. The molecule has 146 valence electrons. The molecule has 0 unspecified atom stereocenters. The Balaban J connectivity index is 1.68. The second kappa shape index (κ2) is 8.31. The molecule has 1 amide bonds. The summed E-state index contributed by atoms with van der Waals surface area (Å²) in [6.45, 7) is 0.318. The molecule has 1 N–H and O–H groups in total. The smallest absolute Gasteiger partial charge is 0.287 e. The largest absolute Gasteiger partial charge is 0.459 e. The fourth-order valence-electron chi connectivity index (χ4n) is 2.74. The Bertz CT molecular complexity index is 1040. The van der Waals surface area contributed by atoms with Crippen molar-refractivity contribution in [1.82, 2.24) is 5.32 Å². The number of hydrogen-bond acceptors (Lipinski definition) is 5. The molecule has 1 aromatic heterocycles. The van der Waals surface area contributed by atoms with Gasteiger partial charge in [0.15, 0.2) is 15.6 Å². The SMILES string of the molecule is CN(C)c1ccc(CNC(=O)c2occc2CS(=O)(=O)c2ccccc2)cc1. The van der Waals surface area contributed by atoms with E-state index in [0.717, 1.165) is 11.3 Å². The molecule has 1 heterocycles. The minimum atomic E-state index is -3.56. The third-order valence-electron chi connectivity index (χ3n) is 4.31. The fraction of sp³-hybridized carbons (Fsp3) is 0.190. The molecule has 0 aliphatic rings. The molecule has 3 rings (SSSR count). The standard InChI is InChI=1S/C21H22N2O4S/c1-23(2)18-10-8-16(9-11-18)14-22-21(24)20-17(12-13-27-20)15-28(25,26)19-6-4-3-5-7-19/h3-13H,14-15H2,1-2H3,(H,22,24). The first-order chi connectivity index (χ1) is 13.4. The summed E-state index contributed by atoms with van der Waals surface area (Å²) < 4.78 is 30.4. The first kappa shape index (κ1) is 19.7. The molecule has 28 heavy (non-hydrogen) atoms. The molecule has 0 bridgehead atoms. The van der Waals surface area contributed by atoms with Crippen molar-refractivity contribution in [3.05, 3.63) is 83.8 Å². The minimum absolute atomic E-state index is 0.0180. The topological polar surface area (TPSA) is 79.6 Å². The highest BCUT2D eigenvalue weighted by atomic mass is 32.2. The van der Waals surface area contributed by atoms with Gasteiger partial charge in [0, 0.05) is 31.9 Å². The number of nitrogens with zero attached hydrogens (tertiary/aromatic N) is 1. The van der Waals surface area contributed by atoms with Crippen LogP contribution in [0.5, 0.6) is 0 Å². The second-order valence-electron chi connectivity index (χ2n) is 6.59. The van der Waals surface area contributed by atoms with Crippen molar-refractivity contribution in [2.75, 3.05) is 19.0 Å². The zero-order chi connectivity index (χ0) is 20.1. The molecule has 2 aromatic carbocycles. The molecule has 3 aromatic rings. The van der Waals surface area contributed by atoms with E-state index in [1.165, 1.54) is 24.5 Å². The summed E-state index contributed by atoms with van der Waals surface area (Å²) in [4.78, 5) is 14.7. The van der Waals surface area contributed by atoms with Crippen LogP contribution in [0.25, 0.3) is 0 Å². The molecule has 0 saturated carbocycles. The molecule has 7 heteroatoms. The van der Waals surface area contributed by atoms with E-state index in [1.807, 2.05) is 43.3 Å².